The zero-order valence-electron chi connectivity index (χ0n) is 14.9. The van der Waals surface area contributed by atoms with Crippen LogP contribution in [0.1, 0.15) is 36.5 Å². The molecule has 3 aliphatic rings. The summed E-state index contributed by atoms with van der Waals surface area (Å²) in [5, 5.41) is 0. The van der Waals surface area contributed by atoms with Crippen molar-refractivity contribution in [2.45, 2.75) is 38.3 Å². The maximum absolute atomic E-state index is 12.6. The number of anilines is 1. The number of piperidine rings is 1. The Hall–Kier alpha value is -1.73. The number of carbonyl (C=O) groups excluding carboxylic acids is 1. The summed E-state index contributed by atoms with van der Waals surface area (Å²) in [7, 11) is 0. The Bertz CT molecular complexity index is 596. The second kappa shape index (κ2) is 7.25. The molecule has 1 aromatic heterocycles. The first-order valence-corrected chi connectivity index (χ1v) is 9.42. The van der Waals surface area contributed by atoms with Crippen molar-refractivity contribution < 1.29 is 9.53 Å². The number of aromatic nitrogens is 2. The molecule has 0 aromatic carbocycles. The fraction of sp³-hybridized carbons (Fsp3) is 0.722. The van der Waals surface area contributed by atoms with E-state index in [0.717, 1.165) is 26.2 Å². The number of ether oxygens (including phenoxy) is 1. The minimum absolute atomic E-state index is 0.0504. The first-order chi connectivity index (χ1) is 12.2. The number of hydrogen-bond donors (Lipinski definition) is 0. The standard InChI is InChI=1S/C18H27N5O2/c1-14-4-2-3-5-23(14)16-12-22(13-16)17(24)15-10-19-18(20-11-15)21-6-8-25-9-7-21/h10-11,14,16H,2-9,12-13H2,1H3/t14-/m0/s1. The van der Waals surface area contributed by atoms with Gasteiger partial charge in [0.1, 0.15) is 0 Å². The lowest BCUT2D eigenvalue weighted by Gasteiger charge is -2.49. The molecule has 1 aromatic rings. The highest BCUT2D eigenvalue weighted by atomic mass is 16.5. The van der Waals surface area contributed by atoms with Crippen LogP contribution in [0.2, 0.25) is 0 Å². The zero-order chi connectivity index (χ0) is 17.2. The van der Waals surface area contributed by atoms with Gasteiger partial charge in [0.05, 0.1) is 18.8 Å². The summed E-state index contributed by atoms with van der Waals surface area (Å²) in [5.74, 6) is 0.734. The first-order valence-electron chi connectivity index (χ1n) is 9.42. The van der Waals surface area contributed by atoms with Crippen LogP contribution in [0.5, 0.6) is 0 Å². The number of amides is 1. The summed E-state index contributed by atoms with van der Waals surface area (Å²) in [6, 6.07) is 1.17. The van der Waals surface area contributed by atoms with Crippen molar-refractivity contribution in [3.63, 3.8) is 0 Å². The van der Waals surface area contributed by atoms with E-state index in [9.17, 15) is 4.79 Å². The molecule has 4 rings (SSSR count). The SMILES string of the molecule is C[C@H]1CCCCN1C1CN(C(=O)c2cnc(N3CCOCC3)nc2)C1. The molecular weight excluding hydrogens is 318 g/mol. The van der Waals surface area contributed by atoms with Crippen LogP contribution in [-0.4, -0.2) is 83.7 Å². The molecule has 0 spiro atoms. The summed E-state index contributed by atoms with van der Waals surface area (Å²) in [6.45, 7) is 8.14. The third kappa shape index (κ3) is 3.48. The number of likely N-dealkylation sites (tertiary alicyclic amines) is 2. The van der Waals surface area contributed by atoms with Crippen molar-refractivity contribution in [1.82, 2.24) is 19.8 Å². The number of rotatable bonds is 3. The molecule has 3 fully saturated rings. The van der Waals surface area contributed by atoms with Crippen molar-refractivity contribution in [1.29, 1.82) is 0 Å². The minimum atomic E-state index is 0.0504. The van der Waals surface area contributed by atoms with E-state index in [4.69, 9.17) is 4.74 Å². The average Bonchev–Trinajstić information content (AvgIpc) is 2.63. The molecular formula is C18H27N5O2. The van der Waals surface area contributed by atoms with E-state index in [2.05, 4.69) is 26.7 Å². The van der Waals surface area contributed by atoms with Crippen LogP contribution in [0.4, 0.5) is 5.95 Å². The predicted molar refractivity (Wildman–Crippen MR) is 94.8 cm³/mol. The van der Waals surface area contributed by atoms with Gasteiger partial charge in [-0.25, -0.2) is 9.97 Å². The Labute approximate surface area is 149 Å². The molecule has 0 radical (unpaired) electrons. The molecule has 1 amide bonds. The van der Waals surface area contributed by atoms with E-state index in [1.165, 1.54) is 25.8 Å². The van der Waals surface area contributed by atoms with Crippen LogP contribution >= 0.6 is 0 Å². The maximum atomic E-state index is 12.6. The fourth-order valence-electron chi connectivity index (χ4n) is 4.03. The van der Waals surface area contributed by atoms with Gasteiger partial charge in [-0.1, -0.05) is 6.42 Å². The Balaban J connectivity index is 1.32. The average molecular weight is 345 g/mol. The summed E-state index contributed by atoms with van der Waals surface area (Å²) >= 11 is 0. The van der Waals surface area contributed by atoms with Gasteiger partial charge in [-0.2, -0.15) is 0 Å². The maximum Gasteiger partial charge on any atom is 0.257 e. The van der Waals surface area contributed by atoms with Crippen LogP contribution in [0.25, 0.3) is 0 Å². The van der Waals surface area contributed by atoms with Crippen LogP contribution in [0.15, 0.2) is 12.4 Å². The largest absolute Gasteiger partial charge is 0.378 e. The highest BCUT2D eigenvalue weighted by molar-refractivity contribution is 5.94. The van der Waals surface area contributed by atoms with E-state index in [1.54, 1.807) is 12.4 Å². The van der Waals surface area contributed by atoms with Gasteiger partial charge in [0, 0.05) is 50.7 Å². The monoisotopic (exact) mass is 345 g/mol. The van der Waals surface area contributed by atoms with E-state index in [0.29, 0.717) is 36.8 Å². The van der Waals surface area contributed by atoms with Gasteiger partial charge >= 0.3 is 0 Å². The number of hydrogen-bond acceptors (Lipinski definition) is 6. The highest BCUT2D eigenvalue weighted by Crippen LogP contribution is 2.25. The van der Waals surface area contributed by atoms with Crippen molar-refractivity contribution in [3.8, 4) is 0 Å². The lowest BCUT2D eigenvalue weighted by Crippen LogP contribution is -2.63. The molecule has 0 aliphatic carbocycles. The normalized spacial score (nSPS) is 25.7. The van der Waals surface area contributed by atoms with Gasteiger partial charge in [0.2, 0.25) is 5.95 Å². The molecule has 4 heterocycles. The van der Waals surface area contributed by atoms with Gasteiger partial charge in [-0.05, 0) is 26.3 Å². The first kappa shape index (κ1) is 16.7. The molecule has 3 saturated heterocycles. The Morgan fingerprint density at radius 3 is 2.52 bits per heavy atom. The number of nitrogens with zero attached hydrogens (tertiary/aromatic N) is 5. The predicted octanol–water partition coefficient (Wildman–Crippen LogP) is 1.01. The van der Waals surface area contributed by atoms with Crippen molar-refractivity contribution >= 4 is 11.9 Å². The van der Waals surface area contributed by atoms with Crippen LogP contribution in [0, 0.1) is 0 Å². The second-order valence-corrected chi connectivity index (χ2v) is 7.32. The smallest absolute Gasteiger partial charge is 0.257 e. The molecule has 0 unspecified atom stereocenters. The summed E-state index contributed by atoms with van der Waals surface area (Å²) < 4.78 is 5.34. The minimum Gasteiger partial charge on any atom is -0.378 e. The van der Waals surface area contributed by atoms with Gasteiger partial charge in [0.25, 0.3) is 5.91 Å². The van der Waals surface area contributed by atoms with Crippen molar-refractivity contribution in [2.75, 3.05) is 50.8 Å². The molecule has 0 saturated carbocycles. The second-order valence-electron chi connectivity index (χ2n) is 7.32. The molecule has 3 aliphatic heterocycles. The van der Waals surface area contributed by atoms with E-state index >= 15 is 0 Å². The molecule has 7 nitrogen and oxygen atoms in total. The van der Waals surface area contributed by atoms with Crippen LogP contribution < -0.4 is 4.90 Å². The summed E-state index contributed by atoms with van der Waals surface area (Å²) in [4.78, 5) is 28.0. The van der Waals surface area contributed by atoms with E-state index < -0.39 is 0 Å². The van der Waals surface area contributed by atoms with Gasteiger partial charge < -0.3 is 14.5 Å². The summed E-state index contributed by atoms with van der Waals surface area (Å²) in [6.07, 6.45) is 7.22. The van der Waals surface area contributed by atoms with Crippen molar-refractivity contribution in [2.24, 2.45) is 0 Å². The third-order valence-corrected chi connectivity index (χ3v) is 5.65. The zero-order valence-corrected chi connectivity index (χ0v) is 14.9. The Kier molecular flexibility index (Phi) is 4.85. The van der Waals surface area contributed by atoms with Gasteiger partial charge in [-0.15, -0.1) is 0 Å². The molecule has 7 heteroatoms. The lowest BCUT2D eigenvalue weighted by molar-refractivity contribution is 0.00208. The Morgan fingerprint density at radius 1 is 1.12 bits per heavy atom. The number of carbonyl (C=O) groups is 1. The Morgan fingerprint density at radius 2 is 1.84 bits per heavy atom. The molecule has 25 heavy (non-hydrogen) atoms. The van der Waals surface area contributed by atoms with Gasteiger partial charge in [0.15, 0.2) is 0 Å². The van der Waals surface area contributed by atoms with E-state index in [-0.39, 0.29) is 5.91 Å². The fourth-order valence-corrected chi connectivity index (χ4v) is 4.03. The molecule has 0 bridgehead atoms. The molecule has 0 N–H and O–H groups in total. The molecule has 1 atom stereocenters. The van der Waals surface area contributed by atoms with Gasteiger partial charge in [-0.3, -0.25) is 9.69 Å². The number of morpholine rings is 1. The van der Waals surface area contributed by atoms with Crippen LogP contribution in [-0.2, 0) is 4.74 Å². The lowest BCUT2D eigenvalue weighted by atomic mass is 9.97. The van der Waals surface area contributed by atoms with E-state index in [1.807, 2.05) is 4.90 Å². The molecule has 136 valence electrons. The van der Waals surface area contributed by atoms with Crippen LogP contribution in [0.3, 0.4) is 0 Å². The third-order valence-electron chi connectivity index (χ3n) is 5.65. The highest BCUT2D eigenvalue weighted by Gasteiger charge is 2.37. The van der Waals surface area contributed by atoms with Crippen molar-refractivity contribution in [3.05, 3.63) is 18.0 Å². The summed E-state index contributed by atoms with van der Waals surface area (Å²) in [5.41, 5.74) is 0.585. The quantitative estimate of drug-likeness (QED) is 0.815. The topological polar surface area (TPSA) is 61.8 Å².